The predicted octanol–water partition coefficient (Wildman–Crippen LogP) is 1.65. The lowest BCUT2D eigenvalue weighted by molar-refractivity contribution is 0.111. The second-order valence-electron chi connectivity index (χ2n) is 3.20. The third-order valence-corrected chi connectivity index (χ3v) is 2.21. The lowest BCUT2D eigenvalue weighted by atomic mass is 10.1. The summed E-state index contributed by atoms with van der Waals surface area (Å²) >= 11 is 0. The first-order valence-electron chi connectivity index (χ1n) is 4.30. The van der Waals surface area contributed by atoms with Gasteiger partial charge in [-0.15, -0.1) is 0 Å². The molecule has 2 aromatic rings. The Morgan fingerprint density at radius 2 is 2.14 bits per heavy atom. The van der Waals surface area contributed by atoms with Crippen molar-refractivity contribution in [2.24, 2.45) is 0 Å². The summed E-state index contributed by atoms with van der Waals surface area (Å²) in [5, 5.41) is 0.651. The Bertz CT molecular complexity index is 555. The molecule has 3 heteroatoms. The SMILES string of the molecule is Cc1cccc2[nH]c(C=O)cc(=O)c12. The zero-order valence-electron chi connectivity index (χ0n) is 7.70. The third kappa shape index (κ3) is 1.23. The van der Waals surface area contributed by atoms with Gasteiger partial charge >= 0.3 is 0 Å². The molecule has 0 bridgehead atoms. The van der Waals surface area contributed by atoms with Crippen molar-refractivity contribution in [1.29, 1.82) is 0 Å². The first-order valence-corrected chi connectivity index (χ1v) is 4.30. The van der Waals surface area contributed by atoms with E-state index in [1.54, 1.807) is 6.07 Å². The fourth-order valence-electron chi connectivity index (χ4n) is 1.57. The largest absolute Gasteiger partial charge is 0.352 e. The van der Waals surface area contributed by atoms with Gasteiger partial charge < -0.3 is 4.98 Å². The quantitative estimate of drug-likeness (QED) is 0.690. The molecule has 0 aliphatic rings. The number of benzene rings is 1. The van der Waals surface area contributed by atoms with Crippen LogP contribution in [0.15, 0.2) is 29.1 Å². The first-order chi connectivity index (χ1) is 6.72. The summed E-state index contributed by atoms with van der Waals surface area (Å²) in [4.78, 5) is 25.0. The van der Waals surface area contributed by atoms with Crippen molar-refractivity contribution in [2.75, 3.05) is 0 Å². The number of aryl methyl sites for hydroxylation is 1. The average molecular weight is 187 g/mol. The van der Waals surface area contributed by atoms with Gasteiger partial charge in [0.1, 0.15) is 0 Å². The highest BCUT2D eigenvalue weighted by Gasteiger charge is 2.02. The van der Waals surface area contributed by atoms with Crippen molar-refractivity contribution < 1.29 is 4.79 Å². The number of rotatable bonds is 1. The molecule has 0 amide bonds. The predicted molar refractivity (Wildman–Crippen MR) is 54.7 cm³/mol. The van der Waals surface area contributed by atoms with E-state index < -0.39 is 0 Å². The summed E-state index contributed by atoms with van der Waals surface area (Å²) in [6.45, 7) is 1.87. The monoisotopic (exact) mass is 187 g/mol. The molecule has 1 aromatic carbocycles. The molecular formula is C11H9NO2. The molecule has 0 saturated heterocycles. The minimum absolute atomic E-state index is 0.112. The van der Waals surface area contributed by atoms with Gasteiger partial charge in [0, 0.05) is 11.5 Å². The van der Waals surface area contributed by atoms with Crippen LogP contribution in [0.3, 0.4) is 0 Å². The minimum Gasteiger partial charge on any atom is -0.352 e. The van der Waals surface area contributed by atoms with Gasteiger partial charge in [0.15, 0.2) is 11.7 Å². The van der Waals surface area contributed by atoms with Crippen LogP contribution in [-0.2, 0) is 0 Å². The molecule has 1 aromatic heterocycles. The van der Waals surface area contributed by atoms with E-state index in [1.165, 1.54) is 6.07 Å². The molecule has 0 aliphatic carbocycles. The highest BCUT2D eigenvalue weighted by atomic mass is 16.1. The van der Waals surface area contributed by atoms with Gasteiger partial charge in [0.2, 0.25) is 0 Å². The maximum atomic E-state index is 11.6. The van der Waals surface area contributed by atoms with Crippen LogP contribution in [0.5, 0.6) is 0 Å². The normalized spacial score (nSPS) is 10.4. The van der Waals surface area contributed by atoms with Gasteiger partial charge in [-0.25, -0.2) is 0 Å². The van der Waals surface area contributed by atoms with Gasteiger partial charge in [-0.05, 0) is 18.6 Å². The molecule has 0 saturated carbocycles. The fourth-order valence-corrected chi connectivity index (χ4v) is 1.57. The molecule has 3 nitrogen and oxygen atoms in total. The van der Waals surface area contributed by atoms with Crippen molar-refractivity contribution >= 4 is 17.2 Å². The molecule has 70 valence electrons. The van der Waals surface area contributed by atoms with Crippen molar-refractivity contribution in [3.8, 4) is 0 Å². The topological polar surface area (TPSA) is 49.9 Å². The Labute approximate surface area is 80.4 Å². The zero-order chi connectivity index (χ0) is 10.1. The maximum absolute atomic E-state index is 11.6. The lowest BCUT2D eigenvalue weighted by Gasteiger charge is -2.01. The van der Waals surface area contributed by atoms with E-state index in [1.807, 2.05) is 19.1 Å². The highest BCUT2D eigenvalue weighted by molar-refractivity contribution is 5.85. The fraction of sp³-hybridized carbons (Fsp3) is 0.0909. The van der Waals surface area contributed by atoms with Crippen molar-refractivity contribution in [1.82, 2.24) is 4.98 Å². The van der Waals surface area contributed by atoms with Crippen molar-refractivity contribution in [2.45, 2.75) is 6.92 Å². The van der Waals surface area contributed by atoms with Gasteiger partial charge in [0.25, 0.3) is 0 Å². The van der Waals surface area contributed by atoms with E-state index in [-0.39, 0.29) is 5.43 Å². The summed E-state index contributed by atoms with van der Waals surface area (Å²) in [7, 11) is 0. The molecule has 2 rings (SSSR count). The van der Waals surface area contributed by atoms with Crippen LogP contribution in [0.25, 0.3) is 10.9 Å². The smallest absolute Gasteiger partial charge is 0.190 e. The molecular weight excluding hydrogens is 178 g/mol. The van der Waals surface area contributed by atoms with Gasteiger partial charge in [-0.1, -0.05) is 12.1 Å². The van der Waals surface area contributed by atoms with E-state index in [4.69, 9.17) is 0 Å². The van der Waals surface area contributed by atoms with Crippen LogP contribution in [0, 0.1) is 6.92 Å². The number of nitrogens with one attached hydrogen (secondary N) is 1. The van der Waals surface area contributed by atoms with Crippen LogP contribution < -0.4 is 5.43 Å². The Hall–Kier alpha value is -1.90. The molecule has 0 spiro atoms. The van der Waals surface area contributed by atoms with E-state index >= 15 is 0 Å². The van der Waals surface area contributed by atoms with E-state index in [0.29, 0.717) is 22.9 Å². The summed E-state index contributed by atoms with van der Waals surface area (Å²) in [6.07, 6.45) is 0.642. The average Bonchev–Trinajstić information content (AvgIpc) is 2.17. The Kier molecular flexibility index (Phi) is 1.93. The standard InChI is InChI=1S/C11H9NO2/c1-7-3-2-4-9-11(7)10(14)5-8(6-13)12-9/h2-6H,1H3,(H,12,14). The van der Waals surface area contributed by atoms with E-state index in [9.17, 15) is 9.59 Å². The van der Waals surface area contributed by atoms with Crippen LogP contribution in [-0.4, -0.2) is 11.3 Å². The number of aldehydes is 1. The van der Waals surface area contributed by atoms with Crippen LogP contribution in [0.4, 0.5) is 0 Å². The van der Waals surface area contributed by atoms with Gasteiger partial charge in [0.05, 0.1) is 11.2 Å². The van der Waals surface area contributed by atoms with Crippen LogP contribution in [0.1, 0.15) is 16.1 Å². The molecule has 1 N–H and O–H groups in total. The Morgan fingerprint density at radius 3 is 2.86 bits per heavy atom. The number of pyridine rings is 1. The van der Waals surface area contributed by atoms with Crippen LogP contribution >= 0.6 is 0 Å². The number of aromatic amines is 1. The number of fused-ring (bicyclic) bond motifs is 1. The zero-order valence-corrected chi connectivity index (χ0v) is 7.70. The molecule has 0 aliphatic heterocycles. The number of hydrogen-bond acceptors (Lipinski definition) is 2. The first kappa shape index (κ1) is 8.69. The molecule has 0 atom stereocenters. The number of H-pyrrole nitrogens is 1. The van der Waals surface area contributed by atoms with E-state index in [0.717, 1.165) is 5.56 Å². The van der Waals surface area contributed by atoms with Crippen LogP contribution in [0.2, 0.25) is 0 Å². The molecule has 1 heterocycles. The van der Waals surface area contributed by atoms with E-state index in [2.05, 4.69) is 4.98 Å². The van der Waals surface area contributed by atoms with Crippen molar-refractivity contribution in [3.63, 3.8) is 0 Å². The molecule has 14 heavy (non-hydrogen) atoms. The number of carbonyl (C=O) groups excluding carboxylic acids is 1. The number of aromatic nitrogens is 1. The van der Waals surface area contributed by atoms with Gasteiger partial charge in [-0.3, -0.25) is 9.59 Å². The lowest BCUT2D eigenvalue weighted by Crippen LogP contribution is -2.05. The van der Waals surface area contributed by atoms with Gasteiger partial charge in [-0.2, -0.15) is 0 Å². The Balaban J connectivity index is 2.97. The number of carbonyl (C=O) groups is 1. The number of hydrogen-bond donors (Lipinski definition) is 1. The molecule has 0 radical (unpaired) electrons. The minimum atomic E-state index is -0.112. The second-order valence-corrected chi connectivity index (χ2v) is 3.20. The second kappa shape index (κ2) is 3.10. The summed E-state index contributed by atoms with van der Waals surface area (Å²) in [5.41, 5.74) is 1.83. The highest BCUT2D eigenvalue weighted by Crippen LogP contribution is 2.11. The Morgan fingerprint density at radius 1 is 1.36 bits per heavy atom. The molecule has 0 fully saturated rings. The molecule has 0 unspecified atom stereocenters. The third-order valence-electron chi connectivity index (χ3n) is 2.21. The van der Waals surface area contributed by atoms with Crippen molar-refractivity contribution in [3.05, 3.63) is 45.7 Å². The summed E-state index contributed by atoms with van der Waals surface area (Å²) in [6, 6.07) is 6.83. The summed E-state index contributed by atoms with van der Waals surface area (Å²) in [5.74, 6) is 0. The summed E-state index contributed by atoms with van der Waals surface area (Å²) < 4.78 is 0. The maximum Gasteiger partial charge on any atom is 0.190 e.